The Balaban J connectivity index is 1.64. The van der Waals surface area contributed by atoms with Crippen LogP contribution in [0.3, 0.4) is 0 Å². The van der Waals surface area contributed by atoms with E-state index in [9.17, 15) is 4.79 Å². The van der Waals surface area contributed by atoms with Gasteiger partial charge < -0.3 is 20.1 Å². The van der Waals surface area contributed by atoms with Crippen LogP contribution in [0, 0.1) is 5.92 Å². The Kier molecular flexibility index (Phi) is 5.65. The zero-order chi connectivity index (χ0) is 13.3. The second kappa shape index (κ2) is 7.76. The molecule has 1 aromatic rings. The summed E-state index contributed by atoms with van der Waals surface area (Å²) in [4.78, 5) is 11.6. The molecule has 5 nitrogen and oxygen atoms in total. The van der Waals surface area contributed by atoms with Gasteiger partial charge in [-0.05, 0) is 12.1 Å². The van der Waals surface area contributed by atoms with Gasteiger partial charge in [-0.25, -0.2) is 0 Å². The molecule has 1 amide bonds. The standard InChI is InChI=1S/C14H20N2O3/c17-14(11-19-13-4-2-1-3-5-13)16-9-12-8-15-6-7-18-10-12/h1-5,12,15H,6-11H2,(H,16,17). The summed E-state index contributed by atoms with van der Waals surface area (Å²) in [5.41, 5.74) is 0. The Morgan fingerprint density at radius 1 is 1.42 bits per heavy atom. The first-order chi connectivity index (χ1) is 9.34. The number of carbonyl (C=O) groups excluding carboxylic acids is 1. The third-order valence-corrected chi connectivity index (χ3v) is 2.91. The molecule has 1 atom stereocenters. The predicted octanol–water partition coefficient (Wildman–Crippen LogP) is 0.418. The molecular weight excluding hydrogens is 244 g/mol. The minimum atomic E-state index is -0.104. The van der Waals surface area contributed by atoms with E-state index in [-0.39, 0.29) is 12.5 Å². The first-order valence-corrected chi connectivity index (χ1v) is 6.57. The van der Waals surface area contributed by atoms with Crippen molar-refractivity contribution in [2.24, 2.45) is 5.92 Å². The maximum absolute atomic E-state index is 11.6. The topological polar surface area (TPSA) is 59.6 Å². The molecule has 0 aliphatic carbocycles. The van der Waals surface area contributed by atoms with E-state index in [0.29, 0.717) is 24.8 Å². The third-order valence-electron chi connectivity index (χ3n) is 2.91. The van der Waals surface area contributed by atoms with Crippen LogP contribution in [-0.4, -0.2) is 45.4 Å². The fraction of sp³-hybridized carbons (Fsp3) is 0.500. The highest BCUT2D eigenvalue weighted by atomic mass is 16.5. The van der Waals surface area contributed by atoms with Gasteiger partial charge in [-0.3, -0.25) is 4.79 Å². The van der Waals surface area contributed by atoms with Crippen LogP contribution in [0.15, 0.2) is 30.3 Å². The Labute approximate surface area is 113 Å². The van der Waals surface area contributed by atoms with Gasteiger partial charge in [0, 0.05) is 25.6 Å². The van der Waals surface area contributed by atoms with E-state index in [1.54, 1.807) is 0 Å². The average molecular weight is 264 g/mol. The number of carbonyl (C=O) groups is 1. The summed E-state index contributed by atoms with van der Waals surface area (Å²) in [5, 5.41) is 6.14. The quantitative estimate of drug-likeness (QED) is 0.809. The van der Waals surface area contributed by atoms with Crippen molar-refractivity contribution >= 4 is 5.91 Å². The van der Waals surface area contributed by atoms with E-state index in [1.165, 1.54) is 0 Å². The monoisotopic (exact) mass is 264 g/mol. The van der Waals surface area contributed by atoms with Gasteiger partial charge in [0.2, 0.25) is 0 Å². The second-order valence-electron chi connectivity index (χ2n) is 4.55. The van der Waals surface area contributed by atoms with Crippen molar-refractivity contribution in [2.45, 2.75) is 0 Å². The molecule has 1 saturated heterocycles. The molecule has 2 N–H and O–H groups in total. The van der Waals surface area contributed by atoms with E-state index in [1.807, 2.05) is 30.3 Å². The molecule has 1 heterocycles. The predicted molar refractivity (Wildman–Crippen MR) is 72.1 cm³/mol. The Morgan fingerprint density at radius 3 is 3.11 bits per heavy atom. The van der Waals surface area contributed by atoms with Gasteiger partial charge in [0.05, 0.1) is 13.2 Å². The Hall–Kier alpha value is -1.59. The molecule has 0 spiro atoms. The van der Waals surface area contributed by atoms with Gasteiger partial charge in [-0.15, -0.1) is 0 Å². The van der Waals surface area contributed by atoms with Crippen LogP contribution in [-0.2, 0) is 9.53 Å². The van der Waals surface area contributed by atoms with Crippen LogP contribution in [0.25, 0.3) is 0 Å². The Bertz CT molecular complexity index is 376. The lowest BCUT2D eigenvalue weighted by Gasteiger charge is -2.14. The molecule has 0 bridgehead atoms. The molecule has 2 rings (SSSR count). The molecule has 1 aliphatic heterocycles. The van der Waals surface area contributed by atoms with Crippen molar-refractivity contribution in [1.82, 2.24) is 10.6 Å². The van der Waals surface area contributed by atoms with Gasteiger partial charge >= 0.3 is 0 Å². The van der Waals surface area contributed by atoms with E-state index in [4.69, 9.17) is 9.47 Å². The summed E-state index contributed by atoms with van der Waals surface area (Å²) in [6.07, 6.45) is 0. The number of amides is 1. The zero-order valence-corrected chi connectivity index (χ0v) is 10.9. The largest absolute Gasteiger partial charge is 0.484 e. The molecule has 5 heteroatoms. The number of nitrogens with one attached hydrogen (secondary N) is 2. The summed E-state index contributed by atoms with van der Waals surface area (Å²) in [6, 6.07) is 9.32. The van der Waals surface area contributed by atoms with Crippen LogP contribution in [0.4, 0.5) is 0 Å². The smallest absolute Gasteiger partial charge is 0.257 e. The lowest BCUT2D eigenvalue weighted by molar-refractivity contribution is -0.123. The van der Waals surface area contributed by atoms with Gasteiger partial charge in [-0.2, -0.15) is 0 Å². The van der Waals surface area contributed by atoms with E-state index in [0.717, 1.165) is 19.7 Å². The van der Waals surface area contributed by atoms with Crippen molar-refractivity contribution in [2.75, 3.05) is 39.5 Å². The highest BCUT2D eigenvalue weighted by Gasteiger charge is 2.13. The van der Waals surface area contributed by atoms with Gasteiger partial charge in [0.15, 0.2) is 6.61 Å². The molecule has 19 heavy (non-hydrogen) atoms. The van der Waals surface area contributed by atoms with Crippen LogP contribution >= 0.6 is 0 Å². The van der Waals surface area contributed by atoms with Crippen molar-refractivity contribution in [3.63, 3.8) is 0 Å². The van der Waals surface area contributed by atoms with Crippen molar-refractivity contribution in [3.8, 4) is 5.75 Å². The van der Waals surface area contributed by atoms with E-state index >= 15 is 0 Å². The van der Waals surface area contributed by atoms with Crippen molar-refractivity contribution in [1.29, 1.82) is 0 Å². The normalized spacial score (nSPS) is 19.5. The molecular formula is C14H20N2O3. The Morgan fingerprint density at radius 2 is 2.26 bits per heavy atom. The number of benzene rings is 1. The second-order valence-corrected chi connectivity index (χ2v) is 4.55. The summed E-state index contributed by atoms with van der Waals surface area (Å²) in [5.74, 6) is 0.924. The molecule has 0 aromatic heterocycles. The average Bonchev–Trinajstić information content (AvgIpc) is 2.73. The SMILES string of the molecule is O=C(COc1ccccc1)NCC1CNCCOC1. The fourth-order valence-corrected chi connectivity index (χ4v) is 1.87. The van der Waals surface area contributed by atoms with Gasteiger partial charge in [0.1, 0.15) is 5.75 Å². The number of para-hydroxylation sites is 1. The summed E-state index contributed by atoms with van der Waals surface area (Å²) in [7, 11) is 0. The highest BCUT2D eigenvalue weighted by Crippen LogP contribution is 2.07. The fourth-order valence-electron chi connectivity index (χ4n) is 1.87. The maximum atomic E-state index is 11.6. The summed E-state index contributed by atoms with van der Waals surface area (Å²) >= 11 is 0. The van der Waals surface area contributed by atoms with Crippen molar-refractivity contribution < 1.29 is 14.3 Å². The first kappa shape index (κ1) is 13.8. The highest BCUT2D eigenvalue weighted by molar-refractivity contribution is 5.77. The lowest BCUT2D eigenvalue weighted by Crippen LogP contribution is -2.37. The molecule has 0 saturated carbocycles. The lowest BCUT2D eigenvalue weighted by atomic mass is 10.1. The molecule has 1 aromatic carbocycles. The molecule has 1 aliphatic rings. The van der Waals surface area contributed by atoms with Crippen LogP contribution in [0.5, 0.6) is 5.75 Å². The first-order valence-electron chi connectivity index (χ1n) is 6.57. The van der Waals surface area contributed by atoms with Gasteiger partial charge in [0.25, 0.3) is 5.91 Å². The van der Waals surface area contributed by atoms with E-state index in [2.05, 4.69) is 10.6 Å². The summed E-state index contributed by atoms with van der Waals surface area (Å²) in [6.45, 7) is 3.84. The maximum Gasteiger partial charge on any atom is 0.257 e. The number of rotatable bonds is 5. The minimum Gasteiger partial charge on any atom is -0.484 e. The van der Waals surface area contributed by atoms with Crippen LogP contribution in [0.1, 0.15) is 0 Å². The molecule has 1 fully saturated rings. The zero-order valence-electron chi connectivity index (χ0n) is 10.9. The molecule has 104 valence electrons. The number of hydrogen-bond acceptors (Lipinski definition) is 4. The van der Waals surface area contributed by atoms with E-state index < -0.39 is 0 Å². The van der Waals surface area contributed by atoms with Crippen LogP contribution < -0.4 is 15.4 Å². The third kappa shape index (κ3) is 5.28. The van der Waals surface area contributed by atoms with Gasteiger partial charge in [-0.1, -0.05) is 18.2 Å². The molecule has 0 radical (unpaired) electrons. The van der Waals surface area contributed by atoms with Crippen LogP contribution in [0.2, 0.25) is 0 Å². The number of hydrogen-bond donors (Lipinski definition) is 2. The molecule has 1 unspecified atom stereocenters. The van der Waals surface area contributed by atoms with Crippen molar-refractivity contribution in [3.05, 3.63) is 30.3 Å². The number of ether oxygens (including phenoxy) is 2. The summed E-state index contributed by atoms with van der Waals surface area (Å²) < 4.78 is 10.8. The minimum absolute atomic E-state index is 0.0466.